The molecule has 1 aliphatic heterocycles. The van der Waals surface area contributed by atoms with E-state index in [2.05, 4.69) is 47.9 Å². The van der Waals surface area contributed by atoms with Gasteiger partial charge in [-0.25, -0.2) is 0 Å². The zero-order valence-corrected chi connectivity index (χ0v) is 9.82. The molecule has 16 heavy (non-hydrogen) atoms. The Kier molecular flexibility index (Phi) is 2.70. The minimum atomic E-state index is 0.492. The van der Waals surface area contributed by atoms with Crippen molar-refractivity contribution in [1.29, 1.82) is 0 Å². The third kappa shape index (κ3) is 1.66. The number of allylic oxidation sites excluding steroid dienone is 3. The van der Waals surface area contributed by atoms with E-state index in [1.165, 1.54) is 24.8 Å². The number of rotatable bonds is 2. The first-order chi connectivity index (χ1) is 7.88. The zero-order chi connectivity index (χ0) is 11.0. The summed E-state index contributed by atoms with van der Waals surface area (Å²) >= 11 is 0. The van der Waals surface area contributed by atoms with Gasteiger partial charge in [0.2, 0.25) is 0 Å². The van der Waals surface area contributed by atoms with Gasteiger partial charge in [-0.3, -0.25) is 10.6 Å². The highest BCUT2D eigenvalue weighted by Gasteiger charge is 2.38. The molecule has 1 heterocycles. The molecule has 0 saturated carbocycles. The van der Waals surface area contributed by atoms with Crippen LogP contribution in [0.25, 0.3) is 0 Å². The third-order valence-corrected chi connectivity index (χ3v) is 3.90. The van der Waals surface area contributed by atoms with Crippen LogP contribution in [0.4, 0.5) is 0 Å². The fraction of sp³-hybridized carbons (Fsp3) is 0.571. The van der Waals surface area contributed by atoms with Crippen molar-refractivity contribution in [3.8, 4) is 0 Å². The molecule has 4 unspecified atom stereocenters. The molecule has 2 N–H and O–H groups in total. The van der Waals surface area contributed by atoms with Gasteiger partial charge in [-0.05, 0) is 18.4 Å². The first kappa shape index (κ1) is 10.3. The lowest BCUT2D eigenvalue weighted by Crippen LogP contribution is -2.63. The molecule has 0 bridgehead atoms. The summed E-state index contributed by atoms with van der Waals surface area (Å²) < 4.78 is 0. The maximum absolute atomic E-state index is 3.75. The minimum absolute atomic E-state index is 0.492. The van der Waals surface area contributed by atoms with E-state index < -0.39 is 0 Å². The molecule has 2 heteroatoms. The maximum atomic E-state index is 3.75. The van der Waals surface area contributed by atoms with Crippen LogP contribution in [0.3, 0.4) is 0 Å². The molecule has 3 aliphatic rings. The topological polar surface area (TPSA) is 24.1 Å². The van der Waals surface area contributed by atoms with Gasteiger partial charge >= 0.3 is 0 Å². The van der Waals surface area contributed by atoms with Gasteiger partial charge in [-0.1, -0.05) is 43.7 Å². The Hall–Kier alpha value is -0.860. The van der Waals surface area contributed by atoms with E-state index >= 15 is 0 Å². The monoisotopic (exact) mass is 216 g/mol. The molecular formula is C14H20N2. The van der Waals surface area contributed by atoms with Crippen LogP contribution in [0, 0.1) is 5.92 Å². The molecular weight excluding hydrogens is 196 g/mol. The predicted octanol–water partition coefficient (Wildman–Crippen LogP) is 2.11. The van der Waals surface area contributed by atoms with Crippen molar-refractivity contribution < 1.29 is 0 Å². The first-order valence-electron chi connectivity index (χ1n) is 6.45. The Bertz CT molecular complexity index is 354. The zero-order valence-electron chi connectivity index (χ0n) is 9.82. The van der Waals surface area contributed by atoms with Crippen molar-refractivity contribution in [3.63, 3.8) is 0 Å². The number of nitrogens with one attached hydrogen (secondary N) is 2. The van der Waals surface area contributed by atoms with Crippen LogP contribution < -0.4 is 10.6 Å². The van der Waals surface area contributed by atoms with Crippen LogP contribution in [-0.4, -0.2) is 18.2 Å². The molecule has 4 atom stereocenters. The average Bonchev–Trinajstić information content (AvgIpc) is 2.30. The molecule has 2 nitrogen and oxygen atoms in total. The van der Waals surface area contributed by atoms with Crippen LogP contribution in [0.2, 0.25) is 0 Å². The first-order valence-corrected chi connectivity index (χ1v) is 6.45. The molecule has 1 saturated heterocycles. The van der Waals surface area contributed by atoms with E-state index in [0.29, 0.717) is 24.2 Å². The lowest BCUT2D eigenvalue weighted by atomic mass is 9.75. The lowest BCUT2D eigenvalue weighted by molar-refractivity contribution is 0.197. The van der Waals surface area contributed by atoms with Crippen molar-refractivity contribution >= 4 is 0 Å². The normalized spacial score (nSPS) is 40.4. The summed E-state index contributed by atoms with van der Waals surface area (Å²) in [5.41, 5.74) is 1.48. The van der Waals surface area contributed by atoms with E-state index in [9.17, 15) is 0 Å². The molecule has 2 aliphatic carbocycles. The van der Waals surface area contributed by atoms with Crippen molar-refractivity contribution in [2.24, 2.45) is 5.92 Å². The standard InChI is InChI=1S/C14H20N2/c1-2-5-13-15-11-8-3-6-10-7-4-9-12(16-13)14(10)11/h3-4,6-8,11-16H,2,5,9H2,1H3. The minimum Gasteiger partial charge on any atom is -0.298 e. The van der Waals surface area contributed by atoms with Gasteiger partial charge in [0.15, 0.2) is 0 Å². The van der Waals surface area contributed by atoms with Crippen LogP contribution in [0.5, 0.6) is 0 Å². The second-order valence-electron chi connectivity index (χ2n) is 5.02. The van der Waals surface area contributed by atoms with Crippen molar-refractivity contribution in [2.75, 3.05) is 0 Å². The lowest BCUT2D eigenvalue weighted by Gasteiger charge is -2.46. The predicted molar refractivity (Wildman–Crippen MR) is 67.0 cm³/mol. The van der Waals surface area contributed by atoms with Crippen molar-refractivity contribution in [1.82, 2.24) is 10.6 Å². The summed E-state index contributed by atoms with van der Waals surface area (Å²) in [5, 5.41) is 7.46. The third-order valence-electron chi connectivity index (χ3n) is 3.90. The van der Waals surface area contributed by atoms with E-state index in [1.807, 2.05) is 0 Å². The smallest absolute Gasteiger partial charge is 0.0578 e. The van der Waals surface area contributed by atoms with Gasteiger partial charge in [-0.2, -0.15) is 0 Å². The summed E-state index contributed by atoms with van der Waals surface area (Å²) in [6.45, 7) is 2.25. The Balaban J connectivity index is 1.84. The SMILES string of the molecule is CCCC1NC2C=CC=C3C=CCC(N1)C32. The Morgan fingerprint density at radius 1 is 1.38 bits per heavy atom. The molecule has 3 rings (SSSR count). The molecule has 0 spiro atoms. The van der Waals surface area contributed by atoms with Crippen LogP contribution in [-0.2, 0) is 0 Å². The highest BCUT2D eigenvalue weighted by molar-refractivity contribution is 5.38. The van der Waals surface area contributed by atoms with E-state index in [-0.39, 0.29) is 0 Å². The second kappa shape index (κ2) is 4.19. The molecule has 0 aromatic rings. The van der Waals surface area contributed by atoms with Gasteiger partial charge in [-0.15, -0.1) is 0 Å². The van der Waals surface area contributed by atoms with Crippen LogP contribution >= 0.6 is 0 Å². The van der Waals surface area contributed by atoms with Gasteiger partial charge in [0.25, 0.3) is 0 Å². The molecule has 0 radical (unpaired) electrons. The van der Waals surface area contributed by atoms with Gasteiger partial charge in [0.1, 0.15) is 0 Å². The summed E-state index contributed by atoms with van der Waals surface area (Å²) in [4.78, 5) is 0. The summed E-state index contributed by atoms with van der Waals surface area (Å²) in [7, 11) is 0. The van der Waals surface area contributed by atoms with Crippen molar-refractivity contribution in [2.45, 2.75) is 44.4 Å². The van der Waals surface area contributed by atoms with E-state index in [1.54, 1.807) is 0 Å². The average molecular weight is 216 g/mol. The summed E-state index contributed by atoms with van der Waals surface area (Å²) in [5.74, 6) is 0.642. The van der Waals surface area contributed by atoms with E-state index in [4.69, 9.17) is 0 Å². The van der Waals surface area contributed by atoms with Gasteiger partial charge in [0.05, 0.1) is 6.17 Å². The molecule has 0 aromatic heterocycles. The second-order valence-corrected chi connectivity index (χ2v) is 5.02. The van der Waals surface area contributed by atoms with Gasteiger partial charge in [0, 0.05) is 18.0 Å². The number of hydrogen-bond donors (Lipinski definition) is 2. The largest absolute Gasteiger partial charge is 0.298 e. The molecule has 0 aromatic carbocycles. The van der Waals surface area contributed by atoms with Crippen LogP contribution in [0.15, 0.2) is 36.0 Å². The van der Waals surface area contributed by atoms with Crippen LogP contribution in [0.1, 0.15) is 26.2 Å². The highest BCUT2D eigenvalue weighted by Crippen LogP contribution is 2.33. The summed E-state index contributed by atoms with van der Waals surface area (Å²) in [6.07, 6.45) is 15.5. The Morgan fingerprint density at radius 2 is 2.31 bits per heavy atom. The fourth-order valence-electron chi connectivity index (χ4n) is 3.20. The quantitative estimate of drug-likeness (QED) is 0.739. The Morgan fingerprint density at radius 3 is 3.19 bits per heavy atom. The van der Waals surface area contributed by atoms with Gasteiger partial charge < -0.3 is 0 Å². The maximum Gasteiger partial charge on any atom is 0.0578 e. The number of hydrogen-bond acceptors (Lipinski definition) is 2. The summed E-state index contributed by atoms with van der Waals surface area (Å²) in [6, 6.07) is 1.16. The van der Waals surface area contributed by atoms with E-state index in [0.717, 1.165) is 0 Å². The van der Waals surface area contributed by atoms with Crippen molar-refractivity contribution in [3.05, 3.63) is 36.0 Å². The molecule has 86 valence electrons. The Labute approximate surface area is 97.5 Å². The fourth-order valence-corrected chi connectivity index (χ4v) is 3.20. The highest BCUT2D eigenvalue weighted by atomic mass is 15.2. The molecule has 1 fully saturated rings. The molecule has 0 amide bonds.